The molecule has 5 rings (SSSR count). The Bertz CT molecular complexity index is 1490. The van der Waals surface area contributed by atoms with Crippen molar-refractivity contribution in [2.24, 2.45) is 0 Å². The van der Waals surface area contributed by atoms with E-state index in [9.17, 15) is 4.79 Å². The number of rotatable bonds is 7. The number of halogens is 1. The topological polar surface area (TPSA) is 79.6 Å². The van der Waals surface area contributed by atoms with Gasteiger partial charge in [-0.05, 0) is 91.8 Å². The number of ether oxygens (including phenoxy) is 1. The molecule has 2 N–H and O–H groups in total. The van der Waals surface area contributed by atoms with Gasteiger partial charge in [0.25, 0.3) is 0 Å². The standard InChI is InChI=1S/C29H27ClN4O3S/c1-17-7-8-19(30)15-21(17)24-11-12-25(37-24)28-27(23-6-4-5-13-31-23)33-29(38)34(28)20-9-10-22(18(2)14-20)32-26(35)16-36-3/h4-15,27-28H,16H2,1-3H3,(H,32,35)(H,33,38)/t27-,28-/m1/s1. The highest BCUT2D eigenvalue weighted by Crippen LogP contribution is 2.43. The van der Waals surface area contributed by atoms with Crippen molar-refractivity contribution in [2.45, 2.75) is 25.9 Å². The maximum atomic E-state index is 12.1. The predicted molar refractivity (Wildman–Crippen MR) is 154 cm³/mol. The average Bonchev–Trinajstić information content (AvgIpc) is 3.52. The minimum atomic E-state index is -0.307. The number of hydrogen-bond acceptors (Lipinski definition) is 5. The number of carbonyl (C=O) groups excluding carboxylic acids is 1. The molecular formula is C29H27ClN4O3S. The SMILES string of the molecule is COCC(=O)Nc1ccc(N2C(=S)N[C@H](c3ccccn3)[C@H]2c2ccc(-c3cc(Cl)ccc3C)o2)cc1C. The molecule has 0 bridgehead atoms. The smallest absolute Gasteiger partial charge is 0.250 e. The number of methoxy groups -OCH3 is 1. The van der Waals surface area contributed by atoms with Crippen LogP contribution in [0, 0.1) is 13.8 Å². The molecule has 2 aromatic heterocycles. The van der Waals surface area contributed by atoms with Gasteiger partial charge in [0.2, 0.25) is 5.91 Å². The highest BCUT2D eigenvalue weighted by atomic mass is 35.5. The van der Waals surface area contributed by atoms with Gasteiger partial charge < -0.3 is 24.7 Å². The largest absolute Gasteiger partial charge is 0.459 e. The number of aromatic nitrogens is 1. The molecule has 1 aliphatic heterocycles. The number of carbonyl (C=O) groups is 1. The maximum absolute atomic E-state index is 12.1. The van der Waals surface area contributed by atoms with E-state index >= 15 is 0 Å². The number of nitrogens with one attached hydrogen (secondary N) is 2. The Hall–Kier alpha value is -3.72. The third kappa shape index (κ3) is 5.15. The van der Waals surface area contributed by atoms with Crippen LogP contribution in [0.25, 0.3) is 11.3 Å². The van der Waals surface area contributed by atoms with E-state index in [0.717, 1.165) is 39.6 Å². The Labute approximate surface area is 231 Å². The predicted octanol–water partition coefficient (Wildman–Crippen LogP) is 6.37. The number of nitrogens with zero attached hydrogens (tertiary/aromatic N) is 2. The zero-order valence-corrected chi connectivity index (χ0v) is 22.8. The normalized spacial score (nSPS) is 16.9. The maximum Gasteiger partial charge on any atom is 0.250 e. The van der Waals surface area contributed by atoms with E-state index in [1.54, 1.807) is 6.20 Å². The Balaban J connectivity index is 1.55. The van der Waals surface area contributed by atoms with Crippen molar-refractivity contribution in [1.29, 1.82) is 0 Å². The van der Waals surface area contributed by atoms with Gasteiger partial charge in [0.15, 0.2) is 5.11 Å². The van der Waals surface area contributed by atoms with Crippen LogP contribution in [0.2, 0.25) is 5.02 Å². The third-order valence-electron chi connectivity index (χ3n) is 6.52. The highest BCUT2D eigenvalue weighted by Gasteiger charge is 2.42. The average molecular weight is 547 g/mol. The molecule has 2 atom stereocenters. The van der Waals surface area contributed by atoms with Crippen LogP contribution in [0.1, 0.15) is 34.7 Å². The lowest BCUT2D eigenvalue weighted by atomic mass is 10.0. The summed E-state index contributed by atoms with van der Waals surface area (Å²) in [5.74, 6) is 1.25. The van der Waals surface area contributed by atoms with Crippen LogP contribution in [-0.2, 0) is 9.53 Å². The summed E-state index contributed by atoms with van der Waals surface area (Å²) in [6.45, 7) is 3.96. The molecule has 4 aromatic rings. The fourth-order valence-corrected chi connectivity index (χ4v) is 5.21. The summed E-state index contributed by atoms with van der Waals surface area (Å²) >= 11 is 12.1. The molecule has 38 heavy (non-hydrogen) atoms. The number of amides is 1. The summed E-state index contributed by atoms with van der Waals surface area (Å²) in [7, 11) is 1.49. The molecule has 2 aromatic carbocycles. The number of anilines is 2. The molecule has 0 saturated carbocycles. The van der Waals surface area contributed by atoms with Crippen molar-refractivity contribution in [1.82, 2.24) is 10.3 Å². The van der Waals surface area contributed by atoms with Gasteiger partial charge >= 0.3 is 0 Å². The van der Waals surface area contributed by atoms with Gasteiger partial charge in [-0.15, -0.1) is 0 Å². The number of pyridine rings is 1. The first-order valence-electron chi connectivity index (χ1n) is 12.1. The fraction of sp³-hybridized carbons (Fsp3) is 0.207. The molecule has 1 aliphatic rings. The second kappa shape index (κ2) is 10.9. The molecule has 194 valence electrons. The Kier molecular flexibility index (Phi) is 7.46. The Morgan fingerprint density at radius 1 is 1.13 bits per heavy atom. The lowest BCUT2D eigenvalue weighted by Crippen LogP contribution is -2.29. The Morgan fingerprint density at radius 2 is 1.97 bits per heavy atom. The molecular weight excluding hydrogens is 520 g/mol. The molecule has 1 amide bonds. The number of benzene rings is 2. The molecule has 7 nitrogen and oxygen atoms in total. The van der Waals surface area contributed by atoms with Gasteiger partial charge in [-0.2, -0.15) is 0 Å². The quantitative estimate of drug-likeness (QED) is 0.261. The summed E-state index contributed by atoms with van der Waals surface area (Å²) in [6, 6.07) is 20.8. The second-order valence-electron chi connectivity index (χ2n) is 9.14. The van der Waals surface area contributed by atoms with Gasteiger partial charge in [-0.3, -0.25) is 9.78 Å². The van der Waals surface area contributed by atoms with Gasteiger partial charge in [-0.1, -0.05) is 23.7 Å². The van der Waals surface area contributed by atoms with E-state index in [4.69, 9.17) is 33.0 Å². The molecule has 0 unspecified atom stereocenters. The fourth-order valence-electron chi connectivity index (χ4n) is 4.69. The van der Waals surface area contributed by atoms with E-state index < -0.39 is 0 Å². The molecule has 0 radical (unpaired) electrons. The van der Waals surface area contributed by atoms with Crippen LogP contribution >= 0.6 is 23.8 Å². The minimum Gasteiger partial charge on any atom is -0.459 e. The number of hydrogen-bond donors (Lipinski definition) is 2. The van der Waals surface area contributed by atoms with Crippen molar-refractivity contribution in [3.05, 3.63) is 101 Å². The van der Waals surface area contributed by atoms with E-state index in [0.29, 0.717) is 15.8 Å². The second-order valence-corrected chi connectivity index (χ2v) is 9.96. The number of thiocarbonyl (C=S) groups is 1. The molecule has 0 spiro atoms. The lowest BCUT2D eigenvalue weighted by molar-refractivity contribution is -0.119. The number of aryl methyl sites for hydroxylation is 2. The van der Waals surface area contributed by atoms with Crippen LogP contribution in [0.5, 0.6) is 0 Å². The van der Waals surface area contributed by atoms with Crippen molar-refractivity contribution < 1.29 is 13.9 Å². The van der Waals surface area contributed by atoms with Crippen LogP contribution in [0.4, 0.5) is 11.4 Å². The Morgan fingerprint density at radius 3 is 2.71 bits per heavy atom. The van der Waals surface area contributed by atoms with Crippen molar-refractivity contribution in [3.8, 4) is 11.3 Å². The van der Waals surface area contributed by atoms with Crippen molar-refractivity contribution >= 4 is 46.2 Å². The summed E-state index contributed by atoms with van der Waals surface area (Å²) in [5, 5.41) is 7.53. The van der Waals surface area contributed by atoms with E-state index in [2.05, 4.69) is 15.6 Å². The summed E-state index contributed by atoms with van der Waals surface area (Å²) in [4.78, 5) is 18.7. The van der Waals surface area contributed by atoms with Gasteiger partial charge in [0, 0.05) is 35.3 Å². The van der Waals surface area contributed by atoms with Gasteiger partial charge in [-0.25, -0.2) is 0 Å². The summed E-state index contributed by atoms with van der Waals surface area (Å²) in [5.41, 5.74) is 5.32. The van der Waals surface area contributed by atoms with Crippen LogP contribution in [-0.4, -0.2) is 29.7 Å². The first-order valence-corrected chi connectivity index (χ1v) is 12.9. The first kappa shape index (κ1) is 25.9. The van der Waals surface area contributed by atoms with Gasteiger partial charge in [0.05, 0.1) is 11.7 Å². The highest BCUT2D eigenvalue weighted by molar-refractivity contribution is 7.80. The zero-order chi connectivity index (χ0) is 26.8. The molecule has 9 heteroatoms. The first-order chi connectivity index (χ1) is 18.4. The minimum absolute atomic E-state index is 0.0118. The van der Waals surface area contributed by atoms with Crippen LogP contribution in [0.15, 0.2) is 77.3 Å². The summed E-state index contributed by atoms with van der Waals surface area (Å²) in [6.07, 6.45) is 1.77. The van der Waals surface area contributed by atoms with Crippen LogP contribution in [0.3, 0.4) is 0 Å². The monoisotopic (exact) mass is 546 g/mol. The molecule has 1 fully saturated rings. The van der Waals surface area contributed by atoms with E-state index in [1.807, 2.05) is 85.5 Å². The third-order valence-corrected chi connectivity index (χ3v) is 7.07. The van der Waals surface area contributed by atoms with E-state index in [-0.39, 0.29) is 24.6 Å². The zero-order valence-electron chi connectivity index (χ0n) is 21.2. The molecule has 0 aliphatic carbocycles. The van der Waals surface area contributed by atoms with Gasteiger partial charge in [0.1, 0.15) is 24.2 Å². The number of furan rings is 1. The summed E-state index contributed by atoms with van der Waals surface area (Å²) < 4.78 is 11.4. The molecule has 3 heterocycles. The lowest BCUT2D eigenvalue weighted by Gasteiger charge is -2.27. The van der Waals surface area contributed by atoms with Crippen molar-refractivity contribution in [3.63, 3.8) is 0 Å². The molecule has 1 saturated heterocycles. The van der Waals surface area contributed by atoms with Crippen LogP contribution < -0.4 is 15.5 Å². The van der Waals surface area contributed by atoms with Crippen molar-refractivity contribution in [2.75, 3.05) is 23.9 Å². The van der Waals surface area contributed by atoms with E-state index in [1.165, 1.54) is 7.11 Å².